The summed E-state index contributed by atoms with van der Waals surface area (Å²) >= 11 is 0. The fraction of sp³-hybridized carbons (Fsp3) is 0.714. The molecule has 1 amide bonds. The second-order valence-electron chi connectivity index (χ2n) is 5.84. The molecule has 1 saturated heterocycles. The SMILES string of the molecule is C#CC(=O)C1(C)CCCCN1C(=O)OC(C)(C)C. The Balaban J connectivity index is 2.93. The monoisotopic (exact) mass is 251 g/mol. The smallest absolute Gasteiger partial charge is 0.411 e. The van der Waals surface area contributed by atoms with Crippen LogP contribution in [0.1, 0.15) is 47.0 Å². The zero-order chi connectivity index (χ0) is 14.0. The lowest BCUT2D eigenvalue weighted by Crippen LogP contribution is -2.58. The number of likely N-dealkylation sites (tertiary alicyclic amines) is 1. The fourth-order valence-corrected chi connectivity index (χ4v) is 2.12. The number of nitrogens with zero attached hydrogens (tertiary/aromatic N) is 1. The Hall–Kier alpha value is -1.50. The molecule has 0 bridgehead atoms. The number of terminal acetylenes is 1. The molecule has 100 valence electrons. The van der Waals surface area contributed by atoms with Gasteiger partial charge < -0.3 is 4.74 Å². The molecule has 0 aromatic rings. The van der Waals surface area contributed by atoms with Crippen LogP contribution in [0.15, 0.2) is 0 Å². The molecule has 1 heterocycles. The third-order valence-electron chi connectivity index (χ3n) is 3.13. The summed E-state index contributed by atoms with van der Waals surface area (Å²) in [6.07, 6.45) is 7.09. The van der Waals surface area contributed by atoms with Crippen LogP contribution >= 0.6 is 0 Å². The predicted octanol–water partition coefficient (Wildman–Crippen LogP) is 2.37. The number of piperidine rings is 1. The summed E-state index contributed by atoms with van der Waals surface area (Å²) in [6.45, 7) is 7.64. The van der Waals surface area contributed by atoms with Gasteiger partial charge in [-0.3, -0.25) is 9.69 Å². The maximum absolute atomic E-state index is 12.1. The quantitative estimate of drug-likeness (QED) is 0.531. The van der Waals surface area contributed by atoms with Gasteiger partial charge in [-0.2, -0.15) is 0 Å². The summed E-state index contributed by atoms with van der Waals surface area (Å²) < 4.78 is 5.33. The molecular formula is C14H21NO3. The summed E-state index contributed by atoms with van der Waals surface area (Å²) in [7, 11) is 0. The minimum atomic E-state index is -0.921. The van der Waals surface area contributed by atoms with Crippen molar-refractivity contribution in [1.29, 1.82) is 0 Å². The third-order valence-corrected chi connectivity index (χ3v) is 3.13. The molecule has 1 atom stereocenters. The Morgan fingerprint density at radius 2 is 1.94 bits per heavy atom. The summed E-state index contributed by atoms with van der Waals surface area (Å²) in [5, 5.41) is 0. The van der Waals surface area contributed by atoms with Crippen LogP contribution in [-0.2, 0) is 9.53 Å². The normalized spacial score (nSPS) is 24.3. The van der Waals surface area contributed by atoms with Crippen molar-refractivity contribution in [1.82, 2.24) is 4.90 Å². The second kappa shape index (κ2) is 5.01. The van der Waals surface area contributed by atoms with Gasteiger partial charge in [0.1, 0.15) is 11.1 Å². The highest BCUT2D eigenvalue weighted by Crippen LogP contribution is 2.30. The first-order chi connectivity index (χ1) is 8.20. The van der Waals surface area contributed by atoms with Gasteiger partial charge >= 0.3 is 6.09 Å². The van der Waals surface area contributed by atoms with Gasteiger partial charge in [-0.1, -0.05) is 0 Å². The Kier molecular flexibility index (Phi) is 4.05. The third kappa shape index (κ3) is 3.04. The van der Waals surface area contributed by atoms with Crippen molar-refractivity contribution < 1.29 is 14.3 Å². The summed E-state index contributed by atoms with van der Waals surface area (Å²) in [5.41, 5.74) is -1.50. The molecule has 1 fully saturated rings. The molecule has 4 heteroatoms. The first-order valence-corrected chi connectivity index (χ1v) is 6.22. The highest BCUT2D eigenvalue weighted by atomic mass is 16.6. The largest absolute Gasteiger partial charge is 0.444 e. The molecule has 18 heavy (non-hydrogen) atoms. The molecule has 0 N–H and O–H groups in total. The van der Waals surface area contributed by atoms with Crippen molar-refractivity contribution in [3.63, 3.8) is 0 Å². The molecule has 0 aromatic carbocycles. The van der Waals surface area contributed by atoms with Crippen molar-refractivity contribution in [3.05, 3.63) is 0 Å². The van der Waals surface area contributed by atoms with E-state index < -0.39 is 17.2 Å². The maximum Gasteiger partial charge on any atom is 0.411 e. The fourth-order valence-electron chi connectivity index (χ4n) is 2.12. The van der Waals surface area contributed by atoms with E-state index in [1.165, 1.54) is 4.90 Å². The van der Waals surface area contributed by atoms with Gasteiger partial charge in [-0.05, 0) is 52.9 Å². The Bertz CT molecular complexity index is 389. The predicted molar refractivity (Wildman–Crippen MR) is 69.0 cm³/mol. The van der Waals surface area contributed by atoms with Crippen LogP contribution in [0.5, 0.6) is 0 Å². The van der Waals surface area contributed by atoms with Gasteiger partial charge in [0.15, 0.2) is 0 Å². The van der Waals surface area contributed by atoms with Crippen LogP contribution in [0.2, 0.25) is 0 Å². The van der Waals surface area contributed by atoms with E-state index in [1.54, 1.807) is 27.7 Å². The standard InChI is InChI=1S/C14H21NO3/c1-6-11(16)14(5)9-7-8-10-15(14)12(17)18-13(2,3)4/h1H,7-10H2,2-5H3. The van der Waals surface area contributed by atoms with Crippen molar-refractivity contribution >= 4 is 11.9 Å². The highest BCUT2D eigenvalue weighted by molar-refractivity contribution is 6.03. The van der Waals surface area contributed by atoms with Gasteiger partial charge in [0.05, 0.1) is 0 Å². The summed E-state index contributed by atoms with van der Waals surface area (Å²) in [6, 6.07) is 0. The van der Waals surface area contributed by atoms with Gasteiger partial charge in [-0.15, -0.1) is 6.42 Å². The number of ketones is 1. The van der Waals surface area contributed by atoms with Gasteiger partial charge in [0.25, 0.3) is 0 Å². The lowest BCUT2D eigenvalue weighted by Gasteiger charge is -2.42. The number of hydrogen-bond acceptors (Lipinski definition) is 3. The number of Topliss-reactive ketones (excluding diaryl/α,β-unsaturated/α-hetero) is 1. The molecule has 0 aliphatic carbocycles. The van der Waals surface area contributed by atoms with E-state index in [9.17, 15) is 9.59 Å². The summed E-state index contributed by atoms with van der Waals surface area (Å²) in [5.74, 6) is 1.78. The average Bonchev–Trinajstić information content (AvgIpc) is 2.26. The zero-order valence-electron chi connectivity index (χ0n) is 11.6. The molecule has 0 spiro atoms. The lowest BCUT2D eigenvalue weighted by molar-refractivity contribution is -0.126. The number of amides is 1. The molecule has 1 unspecified atom stereocenters. The van der Waals surface area contributed by atoms with E-state index >= 15 is 0 Å². The first-order valence-electron chi connectivity index (χ1n) is 6.22. The van der Waals surface area contributed by atoms with Crippen LogP contribution in [0.3, 0.4) is 0 Å². The van der Waals surface area contributed by atoms with Crippen LogP contribution in [0, 0.1) is 12.3 Å². The molecule has 1 aliphatic heterocycles. The Morgan fingerprint density at radius 3 is 2.44 bits per heavy atom. The number of rotatable bonds is 1. The minimum Gasteiger partial charge on any atom is -0.444 e. The summed E-state index contributed by atoms with van der Waals surface area (Å²) in [4.78, 5) is 25.5. The van der Waals surface area contributed by atoms with Crippen LogP contribution in [0.25, 0.3) is 0 Å². The Morgan fingerprint density at radius 1 is 1.33 bits per heavy atom. The average molecular weight is 251 g/mol. The van der Waals surface area contributed by atoms with E-state index in [0.717, 1.165) is 12.8 Å². The molecule has 1 rings (SSSR count). The number of carbonyl (C=O) groups excluding carboxylic acids is 2. The van der Waals surface area contributed by atoms with Crippen molar-refractivity contribution in [2.45, 2.75) is 58.1 Å². The van der Waals surface area contributed by atoms with Crippen LogP contribution in [-0.4, -0.2) is 34.5 Å². The van der Waals surface area contributed by atoms with Crippen LogP contribution in [0.4, 0.5) is 4.79 Å². The van der Waals surface area contributed by atoms with Crippen molar-refractivity contribution in [2.24, 2.45) is 0 Å². The van der Waals surface area contributed by atoms with E-state index in [0.29, 0.717) is 13.0 Å². The Labute approximate surface area is 109 Å². The molecule has 0 radical (unpaired) electrons. The molecule has 0 saturated carbocycles. The molecule has 1 aliphatic rings. The van der Waals surface area contributed by atoms with E-state index in [1.807, 2.05) is 0 Å². The maximum atomic E-state index is 12.1. The van der Waals surface area contributed by atoms with Crippen molar-refractivity contribution in [2.75, 3.05) is 6.54 Å². The zero-order valence-corrected chi connectivity index (χ0v) is 11.6. The first kappa shape index (κ1) is 14.6. The van der Waals surface area contributed by atoms with E-state index in [2.05, 4.69) is 5.92 Å². The van der Waals surface area contributed by atoms with Crippen molar-refractivity contribution in [3.8, 4) is 12.3 Å². The topological polar surface area (TPSA) is 46.6 Å². The van der Waals surface area contributed by atoms with Gasteiger partial charge in [0, 0.05) is 6.54 Å². The van der Waals surface area contributed by atoms with Gasteiger partial charge in [-0.25, -0.2) is 4.79 Å². The highest BCUT2D eigenvalue weighted by Gasteiger charge is 2.44. The molecule has 4 nitrogen and oxygen atoms in total. The lowest BCUT2D eigenvalue weighted by atomic mass is 9.85. The van der Waals surface area contributed by atoms with E-state index in [-0.39, 0.29) is 5.78 Å². The minimum absolute atomic E-state index is 0.354. The number of hydrogen-bond donors (Lipinski definition) is 0. The second-order valence-corrected chi connectivity index (χ2v) is 5.84. The van der Waals surface area contributed by atoms with E-state index in [4.69, 9.17) is 11.2 Å². The molecular weight excluding hydrogens is 230 g/mol. The molecule has 0 aromatic heterocycles. The van der Waals surface area contributed by atoms with Gasteiger partial charge in [0.2, 0.25) is 5.78 Å². The number of carbonyl (C=O) groups is 2. The van der Waals surface area contributed by atoms with Crippen LogP contribution < -0.4 is 0 Å². The number of ether oxygens (including phenoxy) is 1.